The number of nitrogens with zero attached hydrogens (tertiary/aromatic N) is 3. The molecule has 0 bridgehead atoms. The van der Waals surface area contributed by atoms with Crippen molar-refractivity contribution in [2.24, 2.45) is 0 Å². The van der Waals surface area contributed by atoms with Crippen molar-refractivity contribution in [2.45, 2.75) is 20.8 Å². The van der Waals surface area contributed by atoms with E-state index in [1.54, 1.807) is 12.4 Å². The van der Waals surface area contributed by atoms with Crippen LogP contribution in [0.2, 0.25) is 0 Å². The Morgan fingerprint density at radius 2 is 1.06 bits per heavy atom. The van der Waals surface area contributed by atoms with E-state index in [0.29, 0.717) is 19.8 Å². The number of hydrogen-bond acceptors (Lipinski definition) is 6. The molecule has 0 aliphatic carbocycles. The van der Waals surface area contributed by atoms with Gasteiger partial charge in [0.1, 0.15) is 11.6 Å². The second-order valence-electron chi connectivity index (χ2n) is 7.69. The monoisotopic (exact) mass is 485 g/mol. The Labute approximate surface area is 208 Å². The van der Waals surface area contributed by atoms with Crippen LogP contribution in [0.5, 0.6) is 0 Å². The minimum atomic E-state index is -2.91. The predicted molar refractivity (Wildman–Crippen MR) is 142 cm³/mol. The minimum absolute atomic E-state index is 0.540. The second-order valence-corrected chi connectivity index (χ2v) is 10.2. The van der Waals surface area contributed by atoms with Gasteiger partial charge in [-0.05, 0) is 68.3 Å². The summed E-state index contributed by atoms with van der Waals surface area (Å²) in [5.74, 6) is 1.62. The summed E-state index contributed by atoms with van der Waals surface area (Å²) in [4.78, 5) is 11.1. The van der Waals surface area contributed by atoms with Crippen molar-refractivity contribution in [3.63, 3.8) is 0 Å². The van der Waals surface area contributed by atoms with Crippen LogP contribution in [0.3, 0.4) is 0 Å². The molecular formula is C28H31N3O3Si. The molecule has 35 heavy (non-hydrogen) atoms. The largest absolute Gasteiger partial charge is 0.537 e. The SMILES string of the molecule is CCO[Si](OCC)(OCC)c1ccc(-c2ccc(N(c3ccccn3)c3ccccn3)cc2)cc1. The molecule has 0 amide bonds. The summed E-state index contributed by atoms with van der Waals surface area (Å²) in [6.07, 6.45) is 3.58. The van der Waals surface area contributed by atoms with Gasteiger partial charge in [-0.2, -0.15) is 0 Å². The van der Waals surface area contributed by atoms with E-state index < -0.39 is 8.80 Å². The molecule has 0 unspecified atom stereocenters. The van der Waals surface area contributed by atoms with Crippen LogP contribution in [-0.2, 0) is 13.3 Å². The third-order valence-corrected chi connectivity index (χ3v) is 8.50. The highest BCUT2D eigenvalue weighted by Gasteiger charge is 2.43. The van der Waals surface area contributed by atoms with Crippen LogP contribution < -0.4 is 10.1 Å². The van der Waals surface area contributed by atoms with Gasteiger partial charge in [-0.1, -0.05) is 48.5 Å². The second kappa shape index (κ2) is 11.9. The molecule has 4 aromatic rings. The lowest BCUT2D eigenvalue weighted by Gasteiger charge is -2.28. The summed E-state index contributed by atoms with van der Waals surface area (Å²) in [6.45, 7) is 7.52. The van der Waals surface area contributed by atoms with Crippen molar-refractivity contribution < 1.29 is 13.3 Å². The maximum Gasteiger partial charge on any atom is 0.537 e. The summed E-state index contributed by atoms with van der Waals surface area (Å²) in [5, 5.41) is 0.972. The van der Waals surface area contributed by atoms with Gasteiger partial charge in [-0.15, -0.1) is 0 Å². The lowest BCUT2D eigenvalue weighted by Crippen LogP contribution is -2.56. The molecule has 6 nitrogen and oxygen atoms in total. The van der Waals surface area contributed by atoms with Crippen LogP contribution >= 0.6 is 0 Å². The standard InChI is InChI=1S/C28H31N3O3Si/c1-4-32-35(33-5-2,34-6-3)26-19-15-24(16-20-26)23-13-17-25(18-14-23)31(27-11-7-9-21-29-27)28-12-8-10-22-30-28/h7-22H,4-6H2,1-3H3. The molecule has 0 atom stereocenters. The van der Waals surface area contributed by atoms with Crippen LogP contribution in [0.1, 0.15) is 20.8 Å². The first-order chi connectivity index (χ1) is 17.2. The number of pyridine rings is 2. The van der Waals surface area contributed by atoms with Gasteiger partial charge >= 0.3 is 8.80 Å². The molecule has 4 rings (SSSR count). The summed E-state index contributed by atoms with van der Waals surface area (Å²) in [6, 6.07) is 28.4. The van der Waals surface area contributed by atoms with E-state index in [1.165, 1.54) is 0 Å². The average molecular weight is 486 g/mol. The van der Waals surface area contributed by atoms with Gasteiger partial charge in [0.15, 0.2) is 0 Å². The van der Waals surface area contributed by atoms with E-state index >= 15 is 0 Å². The fourth-order valence-corrected chi connectivity index (χ4v) is 6.43. The highest BCUT2D eigenvalue weighted by molar-refractivity contribution is 6.75. The number of anilines is 3. The van der Waals surface area contributed by atoms with E-state index in [-0.39, 0.29) is 0 Å². The Morgan fingerprint density at radius 3 is 1.46 bits per heavy atom. The van der Waals surface area contributed by atoms with Crippen molar-refractivity contribution in [3.05, 3.63) is 97.3 Å². The van der Waals surface area contributed by atoms with Crippen LogP contribution in [0.25, 0.3) is 11.1 Å². The Hall–Kier alpha value is -3.36. The van der Waals surface area contributed by atoms with Gasteiger partial charge in [0, 0.05) is 43.1 Å². The van der Waals surface area contributed by atoms with E-state index in [1.807, 2.05) is 62.1 Å². The lowest BCUT2D eigenvalue weighted by atomic mass is 10.1. The molecule has 2 heterocycles. The van der Waals surface area contributed by atoms with Crippen molar-refractivity contribution in [2.75, 3.05) is 24.7 Å². The van der Waals surface area contributed by atoms with Crippen molar-refractivity contribution in [1.82, 2.24) is 9.97 Å². The van der Waals surface area contributed by atoms with Gasteiger partial charge in [0.25, 0.3) is 0 Å². The first-order valence-electron chi connectivity index (χ1n) is 12.0. The first kappa shape index (κ1) is 24.8. The van der Waals surface area contributed by atoms with E-state index in [0.717, 1.165) is 33.6 Å². The fraction of sp³-hybridized carbons (Fsp3) is 0.214. The van der Waals surface area contributed by atoms with Crippen molar-refractivity contribution in [3.8, 4) is 11.1 Å². The number of hydrogen-bond donors (Lipinski definition) is 0. The van der Waals surface area contributed by atoms with Gasteiger partial charge in [0.2, 0.25) is 0 Å². The van der Waals surface area contributed by atoms with Crippen LogP contribution in [0.15, 0.2) is 97.3 Å². The van der Waals surface area contributed by atoms with Gasteiger partial charge < -0.3 is 13.3 Å². The highest BCUT2D eigenvalue weighted by Crippen LogP contribution is 2.32. The fourth-order valence-electron chi connectivity index (χ4n) is 3.97. The molecule has 2 aromatic carbocycles. The van der Waals surface area contributed by atoms with Crippen molar-refractivity contribution in [1.29, 1.82) is 0 Å². The zero-order valence-corrected chi connectivity index (χ0v) is 21.4. The molecule has 0 N–H and O–H groups in total. The quantitative estimate of drug-likeness (QED) is 0.248. The van der Waals surface area contributed by atoms with Crippen LogP contribution in [0, 0.1) is 0 Å². The van der Waals surface area contributed by atoms with E-state index in [9.17, 15) is 0 Å². The Morgan fingerprint density at radius 1 is 0.600 bits per heavy atom. The normalized spacial score (nSPS) is 11.4. The molecule has 180 valence electrons. The smallest absolute Gasteiger partial charge is 0.370 e. The van der Waals surface area contributed by atoms with Crippen LogP contribution in [-0.4, -0.2) is 38.6 Å². The van der Waals surface area contributed by atoms with E-state index in [2.05, 4.69) is 58.5 Å². The molecule has 0 saturated carbocycles. The molecular weight excluding hydrogens is 454 g/mol. The third kappa shape index (κ3) is 5.66. The third-order valence-electron chi connectivity index (χ3n) is 5.46. The molecule has 0 aliphatic rings. The summed E-state index contributed by atoms with van der Waals surface area (Å²) < 4.78 is 18.1. The zero-order valence-electron chi connectivity index (χ0n) is 20.4. The number of rotatable bonds is 11. The highest BCUT2D eigenvalue weighted by atomic mass is 28.4. The molecule has 0 radical (unpaired) electrons. The molecule has 7 heteroatoms. The lowest BCUT2D eigenvalue weighted by molar-refractivity contribution is 0.0859. The average Bonchev–Trinajstić information content (AvgIpc) is 2.91. The van der Waals surface area contributed by atoms with Gasteiger partial charge in [-0.25, -0.2) is 9.97 Å². The minimum Gasteiger partial charge on any atom is -0.370 e. The van der Waals surface area contributed by atoms with Gasteiger partial charge in [-0.3, -0.25) is 4.90 Å². The molecule has 0 fully saturated rings. The Bertz CT molecular complexity index is 1120. The Kier molecular flexibility index (Phi) is 8.39. The van der Waals surface area contributed by atoms with Gasteiger partial charge in [0.05, 0.1) is 0 Å². The van der Waals surface area contributed by atoms with Crippen LogP contribution in [0.4, 0.5) is 17.3 Å². The molecule has 0 saturated heterocycles. The maximum absolute atomic E-state index is 6.05. The molecule has 0 spiro atoms. The molecule has 2 aromatic heterocycles. The first-order valence-corrected chi connectivity index (χ1v) is 13.7. The Balaban J connectivity index is 1.63. The predicted octanol–water partition coefficient (Wildman–Crippen LogP) is 5.87. The summed E-state index contributed by atoms with van der Waals surface area (Å²) in [5.41, 5.74) is 3.20. The topological polar surface area (TPSA) is 56.7 Å². The number of benzene rings is 2. The maximum atomic E-state index is 6.05. The summed E-state index contributed by atoms with van der Waals surface area (Å²) >= 11 is 0. The van der Waals surface area contributed by atoms with Crippen molar-refractivity contribution >= 4 is 31.3 Å². The molecule has 0 aliphatic heterocycles. The number of aromatic nitrogens is 2. The zero-order chi connectivity index (χ0) is 24.5. The van der Waals surface area contributed by atoms with E-state index in [4.69, 9.17) is 13.3 Å². The summed E-state index contributed by atoms with van der Waals surface area (Å²) in [7, 11) is -2.91.